The highest BCUT2D eigenvalue weighted by molar-refractivity contribution is 5.97. The predicted octanol–water partition coefficient (Wildman–Crippen LogP) is 11.8. The molecule has 0 unspecified atom stereocenters. The van der Waals surface area contributed by atoms with Crippen LogP contribution >= 0.6 is 0 Å². The molecule has 5 aromatic carbocycles. The standard InChI is InChI=1S/C55H52F2N6O4/c1-36-27-48-50(60(2)55(36)64)29-44(65-3)30-51(48)62-24-10-15-40-28-46(47(53(56)57)31-49(40)62)41-32-58-63(33-41)43-22-25-61(26-23-43)42-18-16-39(17-19-42)45-20-21-52(66-34-37-11-6-4-7-12-37)59-54(45)67-35-38-13-8-5-9-14-38/h4-9,11-14,16-21,27-33,43,53H,10,15,22-26,34-35H2,1-3H3. The molecule has 67 heavy (non-hydrogen) atoms. The Balaban J connectivity index is 0.845. The number of rotatable bonds is 13. The Morgan fingerprint density at radius 3 is 2.18 bits per heavy atom. The van der Waals surface area contributed by atoms with E-state index in [9.17, 15) is 4.79 Å². The maximum Gasteiger partial charge on any atom is 0.264 e. The molecule has 10 rings (SSSR count). The van der Waals surface area contributed by atoms with Crippen molar-refractivity contribution in [2.24, 2.45) is 7.05 Å². The van der Waals surface area contributed by atoms with Crippen molar-refractivity contribution in [2.75, 3.05) is 36.5 Å². The van der Waals surface area contributed by atoms with Gasteiger partial charge in [-0.25, -0.2) is 8.78 Å². The second kappa shape index (κ2) is 18.8. The highest BCUT2D eigenvalue weighted by Gasteiger charge is 2.28. The Labute approximate surface area is 388 Å². The lowest BCUT2D eigenvalue weighted by Gasteiger charge is -2.34. The Morgan fingerprint density at radius 2 is 1.48 bits per heavy atom. The number of alkyl halides is 2. The van der Waals surface area contributed by atoms with E-state index in [0.29, 0.717) is 54.0 Å². The molecule has 0 bridgehead atoms. The van der Waals surface area contributed by atoms with Gasteiger partial charge in [-0.05, 0) is 96.8 Å². The van der Waals surface area contributed by atoms with Gasteiger partial charge in [-0.15, -0.1) is 0 Å². The highest BCUT2D eigenvalue weighted by atomic mass is 19.3. The first-order valence-corrected chi connectivity index (χ1v) is 22.9. The molecule has 3 aromatic heterocycles. The average molecular weight is 899 g/mol. The minimum absolute atomic E-state index is 0.0303. The molecule has 0 spiro atoms. The van der Waals surface area contributed by atoms with Crippen LogP contribution in [0.4, 0.5) is 25.8 Å². The van der Waals surface area contributed by atoms with E-state index in [1.54, 1.807) is 37.9 Å². The van der Waals surface area contributed by atoms with E-state index in [-0.39, 0.29) is 17.2 Å². The lowest BCUT2D eigenvalue weighted by Crippen LogP contribution is -2.34. The number of anilines is 3. The molecule has 2 aliphatic rings. The van der Waals surface area contributed by atoms with E-state index in [1.165, 1.54) is 0 Å². The molecular weight excluding hydrogens is 847 g/mol. The number of halogens is 2. The minimum Gasteiger partial charge on any atom is -0.497 e. The fourth-order valence-corrected chi connectivity index (χ4v) is 9.55. The third-order valence-corrected chi connectivity index (χ3v) is 13.2. The molecule has 8 aromatic rings. The summed E-state index contributed by atoms with van der Waals surface area (Å²) < 4.78 is 51.9. The summed E-state index contributed by atoms with van der Waals surface area (Å²) in [5.74, 6) is 1.59. The fraction of sp³-hybridized carbons (Fsp3) is 0.255. The predicted molar refractivity (Wildman–Crippen MR) is 260 cm³/mol. The van der Waals surface area contributed by atoms with Crippen LogP contribution in [0, 0.1) is 6.92 Å². The van der Waals surface area contributed by atoms with Gasteiger partial charge in [-0.1, -0.05) is 72.8 Å². The molecule has 0 saturated carbocycles. The molecule has 1 fully saturated rings. The average Bonchev–Trinajstić information content (AvgIpc) is 3.87. The van der Waals surface area contributed by atoms with Crippen LogP contribution in [0.3, 0.4) is 0 Å². The van der Waals surface area contributed by atoms with Crippen LogP contribution in [0.25, 0.3) is 33.2 Å². The van der Waals surface area contributed by atoms with Crippen molar-refractivity contribution in [2.45, 2.75) is 58.3 Å². The van der Waals surface area contributed by atoms with E-state index in [1.807, 2.05) is 108 Å². The molecule has 0 atom stereocenters. The summed E-state index contributed by atoms with van der Waals surface area (Å²) in [5, 5.41) is 5.63. The first kappa shape index (κ1) is 43.4. The van der Waals surface area contributed by atoms with Gasteiger partial charge in [-0.3, -0.25) is 9.48 Å². The third kappa shape index (κ3) is 8.95. The van der Waals surface area contributed by atoms with Crippen LogP contribution in [0.2, 0.25) is 0 Å². The SMILES string of the molecule is COc1cc(N2CCCc3cc(-c4cnn(C5CCN(c6ccc(-c7ccc(OCc8ccccc8)nc7OCc7ccccc7)cc6)CC5)c4)c(C(F)F)cc32)c2cc(C)c(=O)n(C)c2c1. The molecule has 340 valence electrons. The van der Waals surface area contributed by atoms with Crippen LogP contribution in [0.5, 0.6) is 17.5 Å². The van der Waals surface area contributed by atoms with Gasteiger partial charge >= 0.3 is 0 Å². The molecular formula is C55H52F2N6O4. The quantitative estimate of drug-likeness (QED) is 0.113. The zero-order valence-corrected chi connectivity index (χ0v) is 37.9. The number of aromatic nitrogens is 4. The summed E-state index contributed by atoms with van der Waals surface area (Å²) in [6.07, 6.45) is 4.27. The summed E-state index contributed by atoms with van der Waals surface area (Å²) in [7, 11) is 3.34. The second-order valence-corrected chi connectivity index (χ2v) is 17.4. The Bertz CT molecular complexity index is 3090. The first-order valence-electron chi connectivity index (χ1n) is 22.9. The van der Waals surface area contributed by atoms with Gasteiger partial charge in [0.1, 0.15) is 19.0 Å². The number of fused-ring (bicyclic) bond motifs is 2. The topological polar surface area (TPSA) is 86.9 Å². The van der Waals surface area contributed by atoms with Gasteiger partial charge in [0.15, 0.2) is 0 Å². The largest absolute Gasteiger partial charge is 0.497 e. The van der Waals surface area contributed by atoms with Crippen molar-refractivity contribution in [3.63, 3.8) is 0 Å². The van der Waals surface area contributed by atoms with Gasteiger partial charge in [0.05, 0.1) is 30.6 Å². The van der Waals surface area contributed by atoms with Gasteiger partial charge in [0, 0.05) is 90.1 Å². The summed E-state index contributed by atoms with van der Waals surface area (Å²) >= 11 is 0. The van der Waals surface area contributed by atoms with Crippen molar-refractivity contribution in [1.29, 1.82) is 0 Å². The number of pyridine rings is 2. The number of hydrogen-bond donors (Lipinski definition) is 0. The summed E-state index contributed by atoms with van der Waals surface area (Å²) in [5.41, 5.74) is 10.1. The molecule has 2 aliphatic heterocycles. The first-order chi connectivity index (χ1) is 32.7. The number of piperidine rings is 1. The van der Waals surface area contributed by atoms with E-state index in [4.69, 9.17) is 24.3 Å². The van der Waals surface area contributed by atoms with Crippen molar-refractivity contribution in [3.05, 3.63) is 178 Å². The lowest BCUT2D eigenvalue weighted by molar-refractivity contribution is 0.152. The highest BCUT2D eigenvalue weighted by Crippen LogP contribution is 2.44. The summed E-state index contributed by atoms with van der Waals surface area (Å²) in [4.78, 5) is 22.2. The van der Waals surface area contributed by atoms with E-state index < -0.39 is 6.43 Å². The number of nitrogens with zero attached hydrogens (tertiary/aromatic N) is 6. The second-order valence-electron chi connectivity index (χ2n) is 17.4. The minimum atomic E-state index is -2.70. The smallest absolute Gasteiger partial charge is 0.264 e. The monoisotopic (exact) mass is 898 g/mol. The Hall–Kier alpha value is -7.47. The van der Waals surface area contributed by atoms with E-state index in [0.717, 1.165) is 94.6 Å². The molecule has 5 heterocycles. The number of ether oxygens (including phenoxy) is 3. The van der Waals surface area contributed by atoms with Crippen LogP contribution < -0.4 is 29.6 Å². The lowest BCUT2D eigenvalue weighted by atomic mass is 9.92. The Morgan fingerprint density at radius 1 is 0.761 bits per heavy atom. The fourth-order valence-electron chi connectivity index (χ4n) is 9.55. The number of methoxy groups -OCH3 is 1. The van der Waals surface area contributed by atoms with Gasteiger partial charge in [-0.2, -0.15) is 10.1 Å². The number of hydrogen-bond acceptors (Lipinski definition) is 8. The molecule has 12 heteroatoms. The molecule has 0 radical (unpaired) electrons. The van der Waals surface area contributed by atoms with Gasteiger partial charge < -0.3 is 28.6 Å². The molecule has 10 nitrogen and oxygen atoms in total. The molecule has 1 saturated heterocycles. The van der Waals surface area contributed by atoms with Crippen molar-refractivity contribution < 1.29 is 23.0 Å². The van der Waals surface area contributed by atoms with Crippen LogP contribution in [0.15, 0.2) is 145 Å². The Kier molecular flexibility index (Phi) is 12.2. The van der Waals surface area contributed by atoms with Crippen LogP contribution in [-0.4, -0.2) is 46.1 Å². The van der Waals surface area contributed by atoms with Crippen molar-refractivity contribution in [3.8, 4) is 39.8 Å². The van der Waals surface area contributed by atoms with Crippen LogP contribution in [-0.2, 0) is 26.7 Å². The number of aryl methyl sites for hydroxylation is 3. The summed E-state index contributed by atoms with van der Waals surface area (Å²) in [6, 6.07) is 41.8. The molecule has 0 amide bonds. The van der Waals surface area contributed by atoms with Crippen LogP contribution in [0.1, 0.15) is 59.5 Å². The maximum atomic E-state index is 15.1. The van der Waals surface area contributed by atoms with E-state index >= 15 is 8.78 Å². The zero-order valence-electron chi connectivity index (χ0n) is 37.9. The zero-order chi connectivity index (χ0) is 46.0. The van der Waals surface area contributed by atoms with Crippen molar-refractivity contribution in [1.82, 2.24) is 19.3 Å². The maximum absolute atomic E-state index is 15.1. The molecule has 0 aliphatic carbocycles. The van der Waals surface area contributed by atoms with Crippen molar-refractivity contribution >= 4 is 28.0 Å². The number of benzene rings is 5. The van der Waals surface area contributed by atoms with E-state index in [2.05, 4.69) is 34.1 Å². The molecule has 0 N–H and O–H groups in total. The van der Waals surface area contributed by atoms with Gasteiger partial charge in [0.25, 0.3) is 12.0 Å². The third-order valence-electron chi connectivity index (χ3n) is 13.2. The summed E-state index contributed by atoms with van der Waals surface area (Å²) in [6.45, 7) is 4.87. The normalized spacial score (nSPS) is 14.1. The van der Waals surface area contributed by atoms with Gasteiger partial charge in [0.2, 0.25) is 11.8 Å².